The monoisotopic (exact) mass is 182 g/mol. The van der Waals surface area contributed by atoms with Gasteiger partial charge >= 0.3 is 0 Å². The van der Waals surface area contributed by atoms with Crippen molar-refractivity contribution in [2.24, 2.45) is 0 Å². The zero-order valence-electron chi connectivity index (χ0n) is 7.73. The second-order valence-electron chi connectivity index (χ2n) is 3.51. The maximum absolute atomic E-state index is 12.5. The largest absolute Gasteiger partial charge is 0.388 e. The third-order valence-electron chi connectivity index (χ3n) is 1.29. The first-order valence-corrected chi connectivity index (χ1v) is 3.95. The average molecular weight is 182 g/mol. The van der Waals surface area contributed by atoms with Gasteiger partial charge < -0.3 is 9.84 Å². The van der Waals surface area contributed by atoms with Crippen molar-refractivity contribution >= 4 is 0 Å². The van der Waals surface area contributed by atoms with Gasteiger partial charge in [0.05, 0.1) is 12.2 Å². The van der Waals surface area contributed by atoms with Crippen LogP contribution in [0.1, 0.15) is 27.2 Å². The highest BCUT2D eigenvalue weighted by Gasteiger charge is 2.27. The van der Waals surface area contributed by atoms with E-state index in [0.717, 1.165) is 0 Å². The van der Waals surface area contributed by atoms with Crippen molar-refractivity contribution in [2.75, 3.05) is 13.2 Å². The lowest BCUT2D eigenvalue weighted by Crippen LogP contribution is -2.30. The van der Waals surface area contributed by atoms with Gasteiger partial charge in [-0.2, -0.15) is 0 Å². The molecule has 0 spiro atoms. The highest BCUT2D eigenvalue weighted by Crippen LogP contribution is 2.18. The van der Waals surface area contributed by atoms with Gasteiger partial charge in [0.1, 0.15) is 6.61 Å². The molecule has 0 atom stereocenters. The van der Waals surface area contributed by atoms with Gasteiger partial charge in [0.25, 0.3) is 5.92 Å². The molecule has 0 aliphatic carbocycles. The normalized spacial score (nSPS) is 13.5. The van der Waals surface area contributed by atoms with E-state index in [-0.39, 0.29) is 13.0 Å². The highest BCUT2D eigenvalue weighted by atomic mass is 19.3. The van der Waals surface area contributed by atoms with Crippen molar-refractivity contribution < 1.29 is 18.6 Å². The van der Waals surface area contributed by atoms with Crippen LogP contribution in [0.25, 0.3) is 0 Å². The van der Waals surface area contributed by atoms with Gasteiger partial charge in [-0.05, 0) is 13.8 Å². The molecule has 0 aromatic carbocycles. The molecule has 0 aliphatic heterocycles. The molecular formula is C8H16F2O2. The summed E-state index contributed by atoms with van der Waals surface area (Å²) >= 11 is 0. The molecule has 1 N–H and O–H groups in total. The van der Waals surface area contributed by atoms with Crippen molar-refractivity contribution in [1.82, 2.24) is 0 Å². The molecule has 2 nitrogen and oxygen atoms in total. The van der Waals surface area contributed by atoms with Crippen LogP contribution in [0, 0.1) is 0 Å². The molecule has 12 heavy (non-hydrogen) atoms. The van der Waals surface area contributed by atoms with Gasteiger partial charge in [0, 0.05) is 6.42 Å². The van der Waals surface area contributed by atoms with Gasteiger partial charge in [-0.15, -0.1) is 0 Å². The summed E-state index contributed by atoms with van der Waals surface area (Å²) in [5.74, 6) is -2.77. The number of hydrogen-bond acceptors (Lipinski definition) is 2. The Balaban J connectivity index is 3.57. The van der Waals surface area contributed by atoms with E-state index in [1.807, 2.05) is 0 Å². The minimum absolute atomic E-state index is 0.0669. The Morgan fingerprint density at radius 1 is 1.25 bits per heavy atom. The molecule has 74 valence electrons. The summed E-state index contributed by atoms with van der Waals surface area (Å²) in [6, 6.07) is 0. The molecular weight excluding hydrogens is 166 g/mol. The predicted molar refractivity (Wildman–Crippen MR) is 42.4 cm³/mol. The molecule has 0 bridgehead atoms. The maximum atomic E-state index is 12.5. The lowest BCUT2D eigenvalue weighted by molar-refractivity contribution is -0.107. The van der Waals surface area contributed by atoms with Crippen molar-refractivity contribution in [3.63, 3.8) is 0 Å². The molecule has 0 aromatic rings. The number of rotatable bonds is 5. The molecule has 0 saturated heterocycles. The first-order valence-electron chi connectivity index (χ1n) is 3.95. The Morgan fingerprint density at radius 3 is 2.08 bits per heavy atom. The standard InChI is InChI=1S/C8H16F2O2/c1-4-8(9,10)6-12-5-7(2,3)11/h11H,4-6H2,1-3H3. The Hall–Kier alpha value is -0.220. The highest BCUT2D eigenvalue weighted by molar-refractivity contribution is 4.66. The Labute approximate surface area is 71.5 Å². The van der Waals surface area contributed by atoms with Crippen LogP contribution in [0.2, 0.25) is 0 Å². The van der Waals surface area contributed by atoms with E-state index in [2.05, 4.69) is 4.74 Å². The molecule has 0 heterocycles. The number of aliphatic hydroxyl groups is 1. The van der Waals surface area contributed by atoms with Crippen molar-refractivity contribution in [1.29, 1.82) is 0 Å². The third kappa shape index (κ3) is 6.49. The van der Waals surface area contributed by atoms with Gasteiger partial charge in [-0.1, -0.05) is 6.92 Å². The second kappa shape index (κ2) is 4.14. The van der Waals surface area contributed by atoms with Gasteiger partial charge in [0.2, 0.25) is 0 Å². The molecule has 4 heteroatoms. The van der Waals surface area contributed by atoms with Gasteiger partial charge in [-0.25, -0.2) is 8.78 Å². The zero-order valence-corrected chi connectivity index (χ0v) is 7.73. The van der Waals surface area contributed by atoms with Crippen molar-refractivity contribution in [3.05, 3.63) is 0 Å². The van der Waals surface area contributed by atoms with Gasteiger partial charge in [0.15, 0.2) is 0 Å². The SMILES string of the molecule is CCC(F)(F)COCC(C)(C)O. The first-order chi connectivity index (χ1) is 5.27. The number of ether oxygens (including phenoxy) is 1. The average Bonchev–Trinajstić information content (AvgIpc) is 1.84. The third-order valence-corrected chi connectivity index (χ3v) is 1.29. The van der Waals surface area contributed by atoms with E-state index in [0.29, 0.717) is 0 Å². The van der Waals surface area contributed by atoms with E-state index in [1.54, 1.807) is 0 Å². The van der Waals surface area contributed by atoms with Crippen LogP contribution in [-0.4, -0.2) is 29.8 Å². The summed E-state index contributed by atoms with van der Waals surface area (Å²) in [5.41, 5.74) is -1.04. The molecule has 0 radical (unpaired) electrons. The van der Waals surface area contributed by atoms with Crippen LogP contribution >= 0.6 is 0 Å². The fraction of sp³-hybridized carbons (Fsp3) is 1.00. The zero-order chi connectivity index (χ0) is 9.83. The maximum Gasteiger partial charge on any atom is 0.270 e. The summed E-state index contributed by atoms with van der Waals surface area (Å²) in [6.45, 7) is 3.73. The number of halogens is 2. The topological polar surface area (TPSA) is 29.5 Å². The Bertz CT molecular complexity index is 130. The van der Waals surface area contributed by atoms with Crippen LogP contribution in [0.15, 0.2) is 0 Å². The fourth-order valence-corrected chi connectivity index (χ4v) is 0.552. The number of alkyl halides is 2. The summed E-state index contributed by atoms with van der Waals surface area (Å²) in [5, 5.41) is 9.12. The summed E-state index contributed by atoms with van der Waals surface area (Å²) in [4.78, 5) is 0. The molecule has 0 rings (SSSR count). The predicted octanol–water partition coefficient (Wildman–Crippen LogP) is 1.82. The van der Waals surface area contributed by atoms with Gasteiger partial charge in [-0.3, -0.25) is 0 Å². The van der Waals surface area contributed by atoms with Crippen LogP contribution in [0.5, 0.6) is 0 Å². The summed E-state index contributed by atoms with van der Waals surface area (Å²) in [6.07, 6.45) is -0.237. The lowest BCUT2D eigenvalue weighted by Gasteiger charge is -2.19. The van der Waals surface area contributed by atoms with E-state index in [9.17, 15) is 8.78 Å². The Kier molecular flexibility index (Phi) is 4.06. The molecule has 0 aromatic heterocycles. The second-order valence-corrected chi connectivity index (χ2v) is 3.51. The molecule has 0 aliphatic rings. The smallest absolute Gasteiger partial charge is 0.270 e. The first kappa shape index (κ1) is 11.8. The van der Waals surface area contributed by atoms with E-state index in [4.69, 9.17) is 5.11 Å². The Morgan fingerprint density at radius 2 is 1.75 bits per heavy atom. The van der Waals surface area contributed by atoms with Crippen molar-refractivity contribution in [3.8, 4) is 0 Å². The van der Waals surface area contributed by atoms with Crippen LogP contribution < -0.4 is 0 Å². The minimum atomic E-state index is -2.77. The minimum Gasteiger partial charge on any atom is -0.388 e. The number of hydrogen-bond donors (Lipinski definition) is 1. The van der Waals surface area contributed by atoms with E-state index >= 15 is 0 Å². The van der Waals surface area contributed by atoms with E-state index in [1.165, 1.54) is 20.8 Å². The van der Waals surface area contributed by atoms with Crippen molar-refractivity contribution in [2.45, 2.75) is 38.7 Å². The molecule has 0 amide bonds. The van der Waals surface area contributed by atoms with Crippen LogP contribution in [0.3, 0.4) is 0 Å². The molecule has 0 unspecified atom stereocenters. The van der Waals surface area contributed by atoms with E-state index < -0.39 is 18.1 Å². The fourth-order valence-electron chi connectivity index (χ4n) is 0.552. The quantitative estimate of drug-likeness (QED) is 0.702. The summed E-state index contributed by atoms with van der Waals surface area (Å²) < 4.78 is 29.7. The summed E-state index contributed by atoms with van der Waals surface area (Å²) in [7, 11) is 0. The lowest BCUT2D eigenvalue weighted by atomic mass is 10.2. The van der Waals surface area contributed by atoms with Crippen LogP contribution in [-0.2, 0) is 4.74 Å². The molecule has 0 saturated carbocycles. The molecule has 0 fully saturated rings. The van der Waals surface area contributed by atoms with Crippen LogP contribution in [0.4, 0.5) is 8.78 Å².